The molecular weight excluding hydrogens is 314 g/mol. The second kappa shape index (κ2) is 5.59. The SMILES string of the molecule is N#Cc1ccc(S(=O)[C@@H]2[C@@H]3O[C@H](CS2=O)[C@@H](O)[C@@H]3O)cc1. The fourth-order valence-electron chi connectivity index (χ4n) is 2.56. The minimum Gasteiger partial charge on any atom is -0.388 e. The molecular formula is C13H13NO5S2. The van der Waals surface area contributed by atoms with Gasteiger partial charge in [-0.15, -0.1) is 0 Å². The van der Waals surface area contributed by atoms with Crippen LogP contribution in [0.1, 0.15) is 5.56 Å². The van der Waals surface area contributed by atoms with E-state index in [1.54, 1.807) is 0 Å². The average Bonchev–Trinajstić information content (AvgIpc) is 2.72. The van der Waals surface area contributed by atoms with Crippen LogP contribution in [0.3, 0.4) is 0 Å². The standard InChI is InChI=1S/C13H13NO5S2/c14-5-7-1-3-8(4-2-7)21(18)13-12-11(16)10(15)9(19-12)6-20(13)17/h1-4,9-13,15-16H,6H2/t9-,10-,11+,12-,13-,20?,21?/m1/s1. The molecule has 2 N–H and O–H groups in total. The molecule has 3 rings (SSSR count). The van der Waals surface area contributed by atoms with Crippen LogP contribution in [-0.2, 0) is 26.3 Å². The highest BCUT2D eigenvalue weighted by molar-refractivity contribution is 8.03. The van der Waals surface area contributed by atoms with Crippen LogP contribution in [0, 0.1) is 11.3 Å². The lowest BCUT2D eigenvalue weighted by atomic mass is 10.1. The van der Waals surface area contributed by atoms with Gasteiger partial charge < -0.3 is 14.9 Å². The van der Waals surface area contributed by atoms with Gasteiger partial charge in [0.05, 0.1) is 34.3 Å². The van der Waals surface area contributed by atoms with Crippen LogP contribution < -0.4 is 0 Å². The van der Waals surface area contributed by atoms with Crippen molar-refractivity contribution in [3.8, 4) is 6.07 Å². The number of aliphatic hydroxyl groups excluding tert-OH is 2. The predicted octanol–water partition coefficient (Wildman–Crippen LogP) is -0.757. The second-order valence-electron chi connectivity index (χ2n) is 4.97. The van der Waals surface area contributed by atoms with Crippen LogP contribution in [0.4, 0.5) is 0 Å². The summed E-state index contributed by atoms with van der Waals surface area (Å²) in [7, 11) is -3.12. The topological polar surface area (TPSA) is 108 Å². The van der Waals surface area contributed by atoms with Crippen molar-refractivity contribution in [2.75, 3.05) is 5.75 Å². The van der Waals surface area contributed by atoms with Crippen LogP contribution >= 0.6 is 0 Å². The van der Waals surface area contributed by atoms with Gasteiger partial charge in [0, 0.05) is 15.7 Å². The molecule has 7 atom stereocenters. The quantitative estimate of drug-likeness (QED) is 0.739. The number of nitriles is 1. The van der Waals surface area contributed by atoms with Crippen molar-refractivity contribution in [2.24, 2.45) is 0 Å². The predicted molar refractivity (Wildman–Crippen MR) is 75.0 cm³/mol. The second-order valence-corrected chi connectivity index (χ2v) is 8.44. The van der Waals surface area contributed by atoms with Crippen molar-refractivity contribution < 1.29 is 23.4 Å². The lowest BCUT2D eigenvalue weighted by molar-refractivity contribution is 0.0205. The van der Waals surface area contributed by atoms with E-state index in [1.165, 1.54) is 24.3 Å². The molecule has 0 saturated carbocycles. The fraction of sp³-hybridized carbons (Fsp3) is 0.462. The number of aliphatic hydroxyl groups is 2. The summed E-state index contributed by atoms with van der Waals surface area (Å²) >= 11 is 0. The third-order valence-electron chi connectivity index (χ3n) is 3.68. The van der Waals surface area contributed by atoms with Crippen molar-refractivity contribution in [1.29, 1.82) is 5.26 Å². The van der Waals surface area contributed by atoms with Gasteiger partial charge in [0.25, 0.3) is 0 Å². The first-order valence-corrected chi connectivity index (χ1v) is 8.92. The van der Waals surface area contributed by atoms with Crippen LogP contribution in [-0.4, -0.2) is 53.4 Å². The Kier molecular flexibility index (Phi) is 3.94. The first-order chi connectivity index (χ1) is 10.0. The highest BCUT2D eigenvalue weighted by atomic mass is 32.2. The summed E-state index contributed by atoms with van der Waals surface area (Å²) in [5.41, 5.74) is 0.438. The molecule has 1 aromatic carbocycles. The summed E-state index contributed by atoms with van der Waals surface area (Å²) in [6, 6.07) is 8.10. The fourth-order valence-corrected chi connectivity index (χ4v) is 6.37. The maximum absolute atomic E-state index is 12.6. The zero-order valence-corrected chi connectivity index (χ0v) is 12.4. The van der Waals surface area contributed by atoms with E-state index in [0.717, 1.165) is 0 Å². The molecule has 0 spiro atoms. The molecule has 112 valence electrons. The number of benzene rings is 1. The number of hydrogen-bond acceptors (Lipinski definition) is 6. The van der Waals surface area contributed by atoms with E-state index in [9.17, 15) is 18.6 Å². The molecule has 2 aliphatic rings. The Morgan fingerprint density at radius 3 is 2.57 bits per heavy atom. The van der Waals surface area contributed by atoms with Gasteiger partial charge in [-0.05, 0) is 24.3 Å². The molecule has 0 aliphatic carbocycles. The zero-order valence-electron chi connectivity index (χ0n) is 10.8. The summed E-state index contributed by atoms with van der Waals surface area (Å²) in [4.78, 5) is 0.419. The number of nitrogens with zero attached hydrogens (tertiary/aromatic N) is 1. The van der Waals surface area contributed by atoms with Crippen molar-refractivity contribution in [3.05, 3.63) is 29.8 Å². The molecule has 8 heteroatoms. The van der Waals surface area contributed by atoms with Gasteiger partial charge in [-0.25, -0.2) is 0 Å². The molecule has 2 unspecified atom stereocenters. The first-order valence-electron chi connectivity index (χ1n) is 6.32. The summed E-state index contributed by atoms with van der Waals surface area (Å²) in [5.74, 6) is 0.0570. The molecule has 6 nitrogen and oxygen atoms in total. The van der Waals surface area contributed by atoms with Crippen LogP contribution in [0.15, 0.2) is 29.2 Å². The third kappa shape index (κ3) is 2.45. The van der Waals surface area contributed by atoms with Crippen molar-refractivity contribution in [3.63, 3.8) is 0 Å². The minimum atomic E-state index is -1.65. The Hall–Kier alpha value is -1.11. The molecule has 0 aromatic heterocycles. The van der Waals surface area contributed by atoms with E-state index in [-0.39, 0.29) is 5.75 Å². The van der Waals surface area contributed by atoms with Crippen molar-refractivity contribution in [1.82, 2.24) is 0 Å². The molecule has 1 aromatic rings. The van der Waals surface area contributed by atoms with E-state index in [0.29, 0.717) is 10.5 Å². The molecule has 21 heavy (non-hydrogen) atoms. The van der Waals surface area contributed by atoms with Crippen LogP contribution in [0.25, 0.3) is 0 Å². The summed E-state index contributed by atoms with van der Waals surface area (Å²) in [6.45, 7) is 0. The molecule has 0 radical (unpaired) electrons. The van der Waals surface area contributed by atoms with Crippen molar-refractivity contribution in [2.45, 2.75) is 33.9 Å². The van der Waals surface area contributed by atoms with E-state index in [4.69, 9.17) is 10.00 Å². The van der Waals surface area contributed by atoms with Gasteiger partial charge >= 0.3 is 0 Å². The molecule has 2 bridgehead atoms. The number of ether oxygens (including phenoxy) is 1. The van der Waals surface area contributed by atoms with Crippen LogP contribution in [0.2, 0.25) is 0 Å². The monoisotopic (exact) mass is 327 g/mol. The number of rotatable bonds is 2. The number of fused-ring (bicyclic) bond motifs is 2. The third-order valence-corrected chi connectivity index (χ3v) is 7.72. The normalized spacial score (nSPS) is 39.7. The highest BCUT2D eigenvalue weighted by Gasteiger charge is 2.54. The van der Waals surface area contributed by atoms with E-state index >= 15 is 0 Å². The smallest absolute Gasteiger partial charge is 0.143 e. The molecule has 2 saturated heterocycles. The summed E-state index contributed by atoms with van der Waals surface area (Å²) in [6.07, 6.45) is -3.85. The summed E-state index contributed by atoms with van der Waals surface area (Å²) < 4.78 is 29.4. The van der Waals surface area contributed by atoms with Crippen molar-refractivity contribution >= 4 is 21.6 Å². The zero-order chi connectivity index (χ0) is 15.1. The molecule has 2 fully saturated rings. The van der Waals surface area contributed by atoms with Gasteiger partial charge in [0.2, 0.25) is 0 Å². The van der Waals surface area contributed by atoms with Gasteiger partial charge in [-0.3, -0.25) is 8.42 Å². The van der Waals surface area contributed by atoms with Gasteiger partial charge in [-0.1, -0.05) is 0 Å². The molecule has 2 heterocycles. The minimum absolute atomic E-state index is 0.0570. The largest absolute Gasteiger partial charge is 0.388 e. The van der Waals surface area contributed by atoms with Gasteiger partial charge in [0.1, 0.15) is 22.9 Å². The highest BCUT2D eigenvalue weighted by Crippen LogP contribution is 2.35. The van der Waals surface area contributed by atoms with Crippen LogP contribution in [0.5, 0.6) is 0 Å². The number of hydrogen-bond donors (Lipinski definition) is 2. The van der Waals surface area contributed by atoms with E-state index in [2.05, 4.69) is 0 Å². The van der Waals surface area contributed by atoms with E-state index in [1.807, 2.05) is 6.07 Å². The Morgan fingerprint density at radius 1 is 1.29 bits per heavy atom. The van der Waals surface area contributed by atoms with E-state index < -0.39 is 50.6 Å². The Bertz CT molecular complexity index is 641. The first kappa shape index (κ1) is 14.8. The summed E-state index contributed by atoms with van der Waals surface area (Å²) in [5, 5.41) is 28.5. The molecule has 0 amide bonds. The average molecular weight is 327 g/mol. The molecule has 2 aliphatic heterocycles. The Morgan fingerprint density at radius 2 is 1.95 bits per heavy atom. The Labute approximate surface area is 126 Å². The maximum Gasteiger partial charge on any atom is 0.143 e. The Balaban J connectivity index is 1.89. The van der Waals surface area contributed by atoms with Gasteiger partial charge in [-0.2, -0.15) is 5.26 Å². The lowest BCUT2D eigenvalue weighted by Gasteiger charge is -2.28. The maximum atomic E-state index is 12.6. The lowest BCUT2D eigenvalue weighted by Crippen LogP contribution is -2.45. The van der Waals surface area contributed by atoms with Gasteiger partial charge in [0.15, 0.2) is 0 Å².